The molecule has 0 N–H and O–H groups in total. The number of hydrogen-bond acceptors (Lipinski definition) is 2. The lowest BCUT2D eigenvalue weighted by Crippen LogP contribution is -2.59. The molecule has 0 saturated carbocycles. The molecule has 0 fully saturated rings. The third kappa shape index (κ3) is 3.37. The van der Waals surface area contributed by atoms with E-state index in [-0.39, 0.29) is 0 Å². The summed E-state index contributed by atoms with van der Waals surface area (Å²) in [5.74, 6) is 0. The summed E-state index contributed by atoms with van der Waals surface area (Å²) in [7, 11) is -1.65. The van der Waals surface area contributed by atoms with Gasteiger partial charge in [-0.25, -0.2) is 0 Å². The quantitative estimate of drug-likeness (QED) is 0.633. The molecule has 14 heavy (non-hydrogen) atoms. The van der Waals surface area contributed by atoms with Crippen LogP contribution in [-0.4, -0.2) is 31.7 Å². The van der Waals surface area contributed by atoms with Crippen molar-refractivity contribution in [3.63, 3.8) is 0 Å². The third-order valence-corrected chi connectivity index (χ3v) is 7.12. The van der Waals surface area contributed by atoms with Crippen molar-refractivity contribution in [3.8, 4) is 0 Å². The van der Waals surface area contributed by atoms with Crippen LogP contribution in [0.25, 0.3) is 0 Å². The van der Waals surface area contributed by atoms with Crippen molar-refractivity contribution >= 4 is 8.48 Å². The predicted octanol–water partition coefficient (Wildman–Crippen LogP) is 3.23. The van der Waals surface area contributed by atoms with Crippen molar-refractivity contribution in [3.05, 3.63) is 0 Å². The van der Waals surface area contributed by atoms with Gasteiger partial charge in [-0.1, -0.05) is 34.6 Å². The van der Waals surface area contributed by atoms with E-state index < -0.39 is 8.48 Å². The van der Waals surface area contributed by atoms with Crippen molar-refractivity contribution in [1.29, 1.82) is 0 Å². The van der Waals surface area contributed by atoms with E-state index in [1.54, 1.807) is 0 Å². The molecule has 3 heteroatoms. The molecular weight excluding hydrogens is 190 g/mol. The number of rotatable bonds is 6. The standard InChI is InChI=1S/C11H27NOSi/c1-8-13-14(7,9-2)12(10(3)4)11(5)6/h10-11H,8-9H2,1-7H3. The Morgan fingerprint density at radius 2 is 1.50 bits per heavy atom. The smallest absolute Gasteiger partial charge is 0.268 e. The maximum Gasteiger partial charge on any atom is 0.268 e. The van der Waals surface area contributed by atoms with Crippen LogP contribution in [0.1, 0.15) is 41.5 Å². The summed E-state index contributed by atoms with van der Waals surface area (Å²) in [6.07, 6.45) is 0. The lowest BCUT2D eigenvalue weighted by molar-refractivity contribution is 0.199. The molecular formula is C11H27NOSi. The third-order valence-electron chi connectivity index (χ3n) is 2.77. The molecule has 86 valence electrons. The monoisotopic (exact) mass is 217 g/mol. The van der Waals surface area contributed by atoms with E-state index in [9.17, 15) is 0 Å². The molecule has 0 radical (unpaired) electrons. The minimum atomic E-state index is -1.65. The predicted molar refractivity (Wildman–Crippen MR) is 65.8 cm³/mol. The minimum absolute atomic E-state index is 0.582. The Morgan fingerprint density at radius 3 is 1.71 bits per heavy atom. The van der Waals surface area contributed by atoms with Crippen molar-refractivity contribution in [2.24, 2.45) is 0 Å². The van der Waals surface area contributed by atoms with Gasteiger partial charge in [-0.15, -0.1) is 0 Å². The van der Waals surface area contributed by atoms with Crippen LogP contribution < -0.4 is 0 Å². The molecule has 0 aromatic carbocycles. The molecule has 0 aliphatic carbocycles. The van der Waals surface area contributed by atoms with E-state index in [1.807, 2.05) is 0 Å². The topological polar surface area (TPSA) is 12.5 Å². The molecule has 0 aliphatic heterocycles. The SMILES string of the molecule is CCO[Si](C)(CC)N(C(C)C)C(C)C. The normalized spacial score (nSPS) is 16.7. The molecule has 0 rings (SSSR count). The second-order valence-corrected chi connectivity index (χ2v) is 8.42. The van der Waals surface area contributed by atoms with E-state index in [1.165, 1.54) is 0 Å². The van der Waals surface area contributed by atoms with Crippen LogP contribution in [0, 0.1) is 0 Å². The summed E-state index contributed by atoms with van der Waals surface area (Å²) in [4.78, 5) is 0. The van der Waals surface area contributed by atoms with Gasteiger partial charge < -0.3 is 4.43 Å². The molecule has 0 aliphatic rings. The first kappa shape index (κ1) is 14.1. The lowest BCUT2D eigenvalue weighted by atomic mass is 10.3. The maximum absolute atomic E-state index is 6.03. The van der Waals surface area contributed by atoms with E-state index >= 15 is 0 Å². The molecule has 1 atom stereocenters. The molecule has 2 nitrogen and oxygen atoms in total. The van der Waals surface area contributed by atoms with Crippen LogP contribution in [0.4, 0.5) is 0 Å². The van der Waals surface area contributed by atoms with Crippen LogP contribution in [0.2, 0.25) is 12.6 Å². The highest BCUT2D eigenvalue weighted by Crippen LogP contribution is 2.22. The highest BCUT2D eigenvalue weighted by molar-refractivity contribution is 6.69. The van der Waals surface area contributed by atoms with Gasteiger partial charge in [0.05, 0.1) is 0 Å². The van der Waals surface area contributed by atoms with Gasteiger partial charge in [-0.2, -0.15) is 0 Å². The Morgan fingerprint density at radius 1 is 1.07 bits per heavy atom. The number of nitrogens with zero attached hydrogens (tertiary/aromatic N) is 1. The highest BCUT2D eigenvalue weighted by atomic mass is 28.4. The van der Waals surface area contributed by atoms with E-state index in [0.717, 1.165) is 12.7 Å². The summed E-state index contributed by atoms with van der Waals surface area (Å²) in [5, 5.41) is 0. The Balaban J connectivity index is 4.73. The summed E-state index contributed by atoms with van der Waals surface area (Å²) in [6, 6.07) is 2.33. The van der Waals surface area contributed by atoms with Crippen LogP contribution >= 0.6 is 0 Å². The van der Waals surface area contributed by atoms with E-state index in [4.69, 9.17) is 4.43 Å². The zero-order chi connectivity index (χ0) is 11.4. The van der Waals surface area contributed by atoms with Crippen molar-refractivity contribution < 1.29 is 4.43 Å². The van der Waals surface area contributed by atoms with E-state index in [0.29, 0.717) is 12.1 Å². The molecule has 0 bridgehead atoms. The van der Waals surface area contributed by atoms with Gasteiger partial charge >= 0.3 is 0 Å². The zero-order valence-corrected chi connectivity index (χ0v) is 11.9. The van der Waals surface area contributed by atoms with Gasteiger partial charge in [0, 0.05) is 6.61 Å². The second kappa shape index (κ2) is 5.88. The zero-order valence-electron chi connectivity index (χ0n) is 10.9. The largest absolute Gasteiger partial charge is 0.403 e. The van der Waals surface area contributed by atoms with Crippen molar-refractivity contribution in [2.45, 2.75) is 66.2 Å². The first-order valence-corrected chi connectivity index (χ1v) is 8.37. The lowest BCUT2D eigenvalue weighted by Gasteiger charge is -2.43. The van der Waals surface area contributed by atoms with Crippen LogP contribution in [0.15, 0.2) is 0 Å². The first-order chi connectivity index (χ1) is 6.39. The van der Waals surface area contributed by atoms with Gasteiger partial charge in [-0.05, 0) is 31.6 Å². The van der Waals surface area contributed by atoms with Gasteiger partial charge in [0.25, 0.3) is 8.48 Å². The van der Waals surface area contributed by atoms with Crippen molar-refractivity contribution in [2.75, 3.05) is 6.61 Å². The number of hydrogen-bond donors (Lipinski definition) is 0. The average Bonchev–Trinajstić information content (AvgIpc) is 2.03. The van der Waals surface area contributed by atoms with Gasteiger partial charge in [0.15, 0.2) is 0 Å². The van der Waals surface area contributed by atoms with Gasteiger partial charge in [0.2, 0.25) is 0 Å². The van der Waals surface area contributed by atoms with Gasteiger partial charge in [-0.3, -0.25) is 4.57 Å². The molecule has 0 spiro atoms. The average molecular weight is 217 g/mol. The first-order valence-electron chi connectivity index (χ1n) is 5.81. The molecule has 0 saturated heterocycles. The fourth-order valence-electron chi connectivity index (χ4n) is 2.36. The summed E-state index contributed by atoms with van der Waals surface area (Å²) in [5.41, 5.74) is 0. The van der Waals surface area contributed by atoms with Crippen LogP contribution in [0.5, 0.6) is 0 Å². The Bertz CT molecular complexity index is 153. The molecule has 0 aromatic heterocycles. The Hall–Kier alpha value is 0.137. The maximum atomic E-state index is 6.03. The summed E-state index contributed by atoms with van der Waals surface area (Å²) in [6.45, 7) is 16.6. The fraction of sp³-hybridized carbons (Fsp3) is 1.00. The molecule has 0 aromatic rings. The van der Waals surface area contributed by atoms with E-state index in [2.05, 4.69) is 52.7 Å². The summed E-state index contributed by atoms with van der Waals surface area (Å²) >= 11 is 0. The minimum Gasteiger partial charge on any atom is -0.403 e. The molecule has 0 amide bonds. The second-order valence-electron chi connectivity index (χ2n) is 4.56. The molecule has 1 unspecified atom stereocenters. The van der Waals surface area contributed by atoms with Crippen LogP contribution in [0.3, 0.4) is 0 Å². The van der Waals surface area contributed by atoms with Gasteiger partial charge in [0.1, 0.15) is 0 Å². The summed E-state index contributed by atoms with van der Waals surface area (Å²) < 4.78 is 8.61. The van der Waals surface area contributed by atoms with Crippen molar-refractivity contribution in [1.82, 2.24) is 4.57 Å². The Kier molecular flexibility index (Phi) is 5.94. The highest BCUT2D eigenvalue weighted by Gasteiger charge is 2.37. The van der Waals surface area contributed by atoms with Crippen LogP contribution in [-0.2, 0) is 4.43 Å². The fourth-order valence-corrected chi connectivity index (χ4v) is 5.88. The molecule has 0 heterocycles. The Labute approximate surface area is 90.8 Å².